The van der Waals surface area contributed by atoms with Crippen LogP contribution < -0.4 is 10.1 Å². The van der Waals surface area contributed by atoms with Crippen LogP contribution in [0, 0.1) is 0 Å². The number of benzene rings is 1. The van der Waals surface area contributed by atoms with Gasteiger partial charge in [0, 0.05) is 11.6 Å². The fraction of sp³-hybridized carbons (Fsp3) is 0.167. The molecule has 17 heavy (non-hydrogen) atoms. The first-order chi connectivity index (χ1) is 8.13. The molecular weight excluding hydrogens is 242 g/mol. The standard InChI is InChI=1S/C12H12ClNO3/c1-17-10-5-3-2-4-9(10)6-7-12(16)14-8-11(13)15/h2-7H,8H2,1H3,(H,14,16). The van der Waals surface area contributed by atoms with E-state index in [-0.39, 0.29) is 12.5 Å². The van der Waals surface area contributed by atoms with Crippen LogP contribution in [0.5, 0.6) is 5.75 Å². The van der Waals surface area contributed by atoms with Crippen molar-refractivity contribution in [3.63, 3.8) is 0 Å². The first-order valence-corrected chi connectivity index (χ1v) is 5.28. The Morgan fingerprint density at radius 1 is 1.41 bits per heavy atom. The Labute approximate surface area is 104 Å². The number of carbonyl (C=O) groups is 2. The van der Waals surface area contributed by atoms with Gasteiger partial charge in [0.1, 0.15) is 5.75 Å². The van der Waals surface area contributed by atoms with Crippen molar-refractivity contribution in [3.8, 4) is 5.75 Å². The lowest BCUT2D eigenvalue weighted by Crippen LogP contribution is -2.25. The summed E-state index contributed by atoms with van der Waals surface area (Å²) in [6, 6.07) is 7.28. The lowest BCUT2D eigenvalue weighted by atomic mass is 10.2. The molecule has 0 radical (unpaired) electrons. The minimum atomic E-state index is -0.607. The molecule has 0 atom stereocenters. The number of ether oxygens (including phenoxy) is 1. The Kier molecular flexibility index (Phi) is 5.23. The van der Waals surface area contributed by atoms with E-state index in [4.69, 9.17) is 16.3 Å². The van der Waals surface area contributed by atoms with Crippen molar-refractivity contribution in [2.24, 2.45) is 0 Å². The lowest BCUT2D eigenvalue weighted by Gasteiger charge is -2.03. The molecule has 1 amide bonds. The Bertz CT molecular complexity index is 443. The number of rotatable bonds is 5. The van der Waals surface area contributed by atoms with Gasteiger partial charge in [-0.25, -0.2) is 0 Å². The van der Waals surface area contributed by atoms with Crippen molar-refractivity contribution >= 4 is 28.8 Å². The molecule has 0 aliphatic heterocycles. The summed E-state index contributed by atoms with van der Waals surface area (Å²) in [4.78, 5) is 21.7. The number of halogens is 1. The first kappa shape index (κ1) is 13.3. The molecule has 4 nitrogen and oxygen atoms in total. The number of hydrogen-bond donors (Lipinski definition) is 1. The number of hydrogen-bond acceptors (Lipinski definition) is 3. The molecule has 1 rings (SSSR count). The van der Waals surface area contributed by atoms with Crippen molar-refractivity contribution < 1.29 is 14.3 Å². The van der Waals surface area contributed by atoms with E-state index < -0.39 is 5.24 Å². The van der Waals surface area contributed by atoms with Crippen LogP contribution in [0.25, 0.3) is 6.08 Å². The van der Waals surface area contributed by atoms with Crippen LogP contribution in [-0.2, 0) is 9.59 Å². The van der Waals surface area contributed by atoms with E-state index in [1.165, 1.54) is 6.08 Å². The highest BCUT2D eigenvalue weighted by Gasteiger charge is 2.00. The third-order valence-corrected chi connectivity index (χ3v) is 2.09. The van der Waals surface area contributed by atoms with Gasteiger partial charge in [-0.1, -0.05) is 18.2 Å². The monoisotopic (exact) mass is 253 g/mol. The molecular formula is C12H12ClNO3. The number of para-hydroxylation sites is 1. The van der Waals surface area contributed by atoms with Crippen molar-refractivity contribution in [1.29, 1.82) is 0 Å². The zero-order valence-electron chi connectivity index (χ0n) is 9.27. The van der Waals surface area contributed by atoms with Crippen molar-refractivity contribution in [3.05, 3.63) is 35.9 Å². The van der Waals surface area contributed by atoms with Crippen LogP contribution in [0.4, 0.5) is 0 Å². The number of nitrogens with one attached hydrogen (secondary N) is 1. The summed E-state index contributed by atoms with van der Waals surface area (Å²) < 4.78 is 5.12. The molecule has 0 aliphatic rings. The molecule has 90 valence electrons. The summed E-state index contributed by atoms with van der Waals surface area (Å²) in [6.45, 7) is -0.184. The highest BCUT2D eigenvalue weighted by Crippen LogP contribution is 2.18. The normalized spacial score (nSPS) is 10.2. The molecule has 0 spiro atoms. The second-order valence-corrected chi connectivity index (χ2v) is 3.57. The van der Waals surface area contributed by atoms with Crippen LogP contribution in [-0.4, -0.2) is 24.8 Å². The number of methoxy groups -OCH3 is 1. The first-order valence-electron chi connectivity index (χ1n) is 4.90. The predicted molar refractivity (Wildman–Crippen MR) is 65.9 cm³/mol. The van der Waals surface area contributed by atoms with E-state index in [2.05, 4.69) is 5.32 Å². The van der Waals surface area contributed by atoms with E-state index in [1.807, 2.05) is 18.2 Å². The summed E-state index contributed by atoms with van der Waals surface area (Å²) >= 11 is 5.09. The second kappa shape index (κ2) is 6.70. The van der Waals surface area contributed by atoms with Crippen LogP contribution in [0.15, 0.2) is 30.3 Å². The smallest absolute Gasteiger partial charge is 0.244 e. The minimum Gasteiger partial charge on any atom is -0.496 e. The average molecular weight is 254 g/mol. The van der Waals surface area contributed by atoms with E-state index in [0.717, 1.165) is 5.56 Å². The summed E-state index contributed by atoms with van der Waals surface area (Å²) in [5.41, 5.74) is 0.780. The molecule has 1 N–H and O–H groups in total. The third kappa shape index (κ3) is 4.70. The quantitative estimate of drug-likeness (QED) is 0.640. The number of carbonyl (C=O) groups excluding carboxylic acids is 2. The van der Waals surface area contributed by atoms with E-state index >= 15 is 0 Å². The molecule has 0 unspecified atom stereocenters. The van der Waals surface area contributed by atoms with Gasteiger partial charge in [0.05, 0.1) is 13.7 Å². The van der Waals surface area contributed by atoms with Gasteiger partial charge in [-0.2, -0.15) is 0 Å². The molecule has 0 aromatic heterocycles. The Balaban J connectivity index is 2.63. The molecule has 0 fully saturated rings. The Morgan fingerprint density at radius 3 is 2.76 bits per heavy atom. The highest BCUT2D eigenvalue weighted by atomic mass is 35.5. The minimum absolute atomic E-state index is 0.184. The zero-order valence-corrected chi connectivity index (χ0v) is 10.0. The van der Waals surface area contributed by atoms with E-state index in [9.17, 15) is 9.59 Å². The summed E-state index contributed by atoms with van der Waals surface area (Å²) in [7, 11) is 1.55. The molecule has 0 bridgehead atoms. The molecule has 0 saturated carbocycles. The molecule has 5 heteroatoms. The maximum absolute atomic E-state index is 11.3. The van der Waals surface area contributed by atoms with Crippen LogP contribution in [0.1, 0.15) is 5.56 Å². The highest BCUT2D eigenvalue weighted by molar-refractivity contribution is 6.64. The van der Waals surface area contributed by atoms with Gasteiger partial charge < -0.3 is 10.1 Å². The lowest BCUT2D eigenvalue weighted by molar-refractivity contribution is -0.119. The average Bonchev–Trinajstić information content (AvgIpc) is 2.34. The summed E-state index contributed by atoms with van der Waals surface area (Å²) in [5, 5.41) is 1.73. The van der Waals surface area contributed by atoms with Crippen molar-refractivity contribution in [2.45, 2.75) is 0 Å². The third-order valence-electron chi connectivity index (χ3n) is 1.95. The van der Waals surface area contributed by atoms with Gasteiger partial charge in [-0.15, -0.1) is 0 Å². The molecule has 0 aliphatic carbocycles. The molecule has 0 saturated heterocycles. The Morgan fingerprint density at radius 2 is 2.12 bits per heavy atom. The van der Waals surface area contributed by atoms with Crippen LogP contribution in [0.2, 0.25) is 0 Å². The van der Waals surface area contributed by atoms with Gasteiger partial charge in [0.25, 0.3) is 0 Å². The van der Waals surface area contributed by atoms with Gasteiger partial charge in [-0.05, 0) is 23.7 Å². The maximum Gasteiger partial charge on any atom is 0.244 e. The fourth-order valence-electron chi connectivity index (χ4n) is 1.19. The largest absolute Gasteiger partial charge is 0.496 e. The van der Waals surface area contributed by atoms with E-state index in [0.29, 0.717) is 5.75 Å². The maximum atomic E-state index is 11.3. The molecule has 1 aromatic rings. The van der Waals surface area contributed by atoms with Crippen molar-refractivity contribution in [2.75, 3.05) is 13.7 Å². The topological polar surface area (TPSA) is 55.4 Å². The van der Waals surface area contributed by atoms with Crippen LogP contribution in [0.3, 0.4) is 0 Å². The SMILES string of the molecule is COc1ccccc1C=CC(=O)NCC(=O)Cl. The van der Waals surface area contributed by atoms with Gasteiger partial charge >= 0.3 is 0 Å². The van der Waals surface area contributed by atoms with Crippen molar-refractivity contribution in [1.82, 2.24) is 5.32 Å². The second-order valence-electron chi connectivity index (χ2n) is 3.15. The molecule has 1 aromatic carbocycles. The zero-order chi connectivity index (χ0) is 12.7. The van der Waals surface area contributed by atoms with Gasteiger partial charge in [-0.3, -0.25) is 9.59 Å². The van der Waals surface area contributed by atoms with Crippen LogP contribution >= 0.6 is 11.6 Å². The Hall–Kier alpha value is -1.81. The van der Waals surface area contributed by atoms with Gasteiger partial charge in [0.15, 0.2) is 0 Å². The number of amides is 1. The fourth-order valence-corrected chi connectivity index (χ4v) is 1.25. The summed E-state index contributed by atoms with van der Waals surface area (Å²) in [6.07, 6.45) is 2.92. The molecule has 0 heterocycles. The predicted octanol–water partition coefficient (Wildman–Crippen LogP) is 1.59. The van der Waals surface area contributed by atoms with Gasteiger partial charge in [0.2, 0.25) is 11.1 Å². The summed E-state index contributed by atoms with van der Waals surface area (Å²) in [5.74, 6) is 0.287. The van der Waals surface area contributed by atoms with E-state index in [1.54, 1.807) is 19.3 Å².